The molecule has 1 aromatic rings. The number of hydrogen-bond acceptors (Lipinski definition) is 4. The highest BCUT2D eigenvalue weighted by molar-refractivity contribution is 5.45. The Morgan fingerprint density at radius 1 is 1.43 bits per heavy atom. The molecule has 0 fully saturated rings. The Labute approximate surface area is 83.2 Å². The number of aromatic hydroxyl groups is 1. The molecule has 0 atom stereocenters. The number of methoxy groups -OCH3 is 1. The van der Waals surface area contributed by atoms with Crippen LogP contribution in [0.5, 0.6) is 11.5 Å². The van der Waals surface area contributed by atoms with Crippen molar-refractivity contribution >= 4 is 0 Å². The van der Waals surface area contributed by atoms with Gasteiger partial charge in [-0.2, -0.15) is 0 Å². The SMILES string of the molecule is COc1cc(O)c(CCON)cc1C. The molecule has 78 valence electrons. The van der Waals surface area contributed by atoms with Gasteiger partial charge in [-0.1, -0.05) is 0 Å². The zero-order chi connectivity index (χ0) is 10.6. The molecule has 0 amide bonds. The molecule has 0 aliphatic rings. The zero-order valence-electron chi connectivity index (χ0n) is 8.41. The molecule has 0 aromatic heterocycles. The number of aryl methyl sites for hydroxylation is 1. The van der Waals surface area contributed by atoms with E-state index >= 15 is 0 Å². The predicted molar refractivity (Wildman–Crippen MR) is 53.2 cm³/mol. The van der Waals surface area contributed by atoms with Gasteiger partial charge >= 0.3 is 0 Å². The molecule has 3 N–H and O–H groups in total. The number of phenolic OH excluding ortho intramolecular Hbond substituents is 1. The molecule has 0 saturated carbocycles. The van der Waals surface area contributed by atoms with E-state index < -0.39 is 0 Å². The second kappa shape index (κ2) is 4.83. The minimum Gasteiger partial charge on any atom is -0.508 e. The Balaban J connectivity index is 2.90. The van der Waals surface area contributed by atoms with Crippen molar-refractivity contribution in [3.8, 4) is 11.5 Å². The molecule has 14 heavy (non-hydrogen) atoms. The van der Waals surface area contributed by atoms with Crippen LogP contribution in [0.1, 0.15) is 11.1 Å². The lowest BCUT2D eigenvalue weighted by Crippen LogP contribution is -2.04. The van der Waals surface area contributed by atoms with Gasteiger partial charge in [0.25, 0.3) is 0 Å². The fraction of sp³-hybridized carbons (Fsp3) is 0.400. The molecular formula is C10H15NO3. The Kier molecular flexibility index (Phi) is 3.73. The third kappa shape index (κ3) is 2.37. The van der Waals surface area contributed by atoms with Gasteiger partial charge in [-0.05, 0) is 24.1 Å². The molecule has 0 aliphatic heterocycles. The van der Waals surface area contributed by atoms with Gasteiger partial charge in [0.1, 0.15) is 11.5 Å². The smallest absolute Gasteiger partial charge is 0.125 e. The highest BCUT2D eigenvalue weighted by Gasteiger charge is 2.06. The van der Waals surface area contributed by atoms with Gasteiger partial charge in [-0.15, -0.1) is 0 Å². The molecule has 1 aromatic carbocycles. The van der Waals surface area contributed by atoms with E-state index in [1.165, 1.54) is 0 Å². The van der Waals surface area contributed by atoms with Gasteiger partial charge in [0.05, 0.1) is 13.7 Å². The average Bonchev–Trinajstić information content (AvgIpc) is 2.18. The fourth-order valence-electron chi connectivity index (χ4n) is 1.33. The van der Waals surface area contributed by atoms with Crippen LogP contribution in [0.2, 0.25) is 0 Å². The van der Waals surface area contributed by atoms with Crippen LogP contribution >= 0.6 is 0 Å². The summed E-state index contributed by atoms with van der Waals surface area (Å²) in [6, 6.07) is 3.47. The fourth-order valence-corrected chi connectivity index (χ4v) is 1.33. The zero-order valence-corrected chi connectivity index (χ0v) is 8.41. The van der Waals surface area contributed by atoms with Crippen molar-refractivity contribution in [3.05, 3.63) is 23.3 Å². The maximum atomic E-state index is 9.60. The van der Waals surface area contributed by atoms with Crippen LogP contribution < -0.4 is 10.6 Å². The highest BCUT2D eigenvalue weighted by atomic mass is 16.6. The van der Waals surface area contributed by atoms with E-state index in [-0.39, 0.29) is 5.75 Å². The standard InChI is InChI=1S/C10H15NO3/c1-7-5-8(3-4-14-11)9(12)6-10(7)13-2/h5-6,12H,3-4,11H2,1-2H3. The first kappa shape index (κ1) is 10.8. The number of benzene rings is 1. The van der Waals surface area contributed by atoms with Crippen LogP contribution in [0.4, 0.5) is 0 Å². The Morgan fingerprint density at radius 2 is 2.14 bits per heavy atom. The third-order valence-corrected chi connectivity index (χ3v) is 2.09. The van der Waals surface area contributed by atoms with Gasteiger partial charge in [-0.3, -0.25) is 0 Å². The number of nitrogens with two attached hydrogens (primary N) is 1. The summed E-state index contributed by atoms with van der Waals surface area (Å²) in [4.78, 5) is 4.45. The van der Waals surface area contributed by atoms with Crippen molar-refractivity contribution in [1.29, 1.82) is 0 Å². The summed E-state index contributed by atoms with van der Waals surface area (Å²) >= 11 is 0. The number of rotatable bonds is 4. The molecule has 0 aliphatic carbocycles. The minimum absolute atomic E-state index is 0.213. The van der Waals surface area contributed by atoms with E-state index in [0.29, 0.717) is 18.8 Å². The topological polar surface area (TPSA) is 64.7 Å². The minimum atomic E-state index is 0.213. The number of ether oxygens (including phenoxy) is 1. The molecule has 4 heteroatoms. The van der Waals surface area contributed by atoms with E-state index in [4.69, 9.17) is 10.6 Å². The second-order valence-electron chi connectivity index (χ2n) is 3.07. The van der Waals surface area contributed by atoms with E-state index in [1.807, 2.05) is 13.0 Å². The van der Waals surface area contributed by atoms with E-state index in [1.54, 1.807) is 13.2 Å². The Bertz CT molecular complexity index is 312. The van der Waals surface area contributed by atoms with Crippen LogP contribution in [0.25, 0.3) is 0 Å². The van der Waals surface area contributed by atoms with Crippen molar-refractivity contribution < 1.29 is 14.7 Å². The summed E-state index contributed by atoms with van der Waals surface area (Å²) in [5, 5.41) is 9.60. The van der Waals surface area contributed by atoms with Crippen LogP contribution in [0, 0.1) is 6.92 Å². The van der Waals surface area contributed by atoms with Crippen LogP contribution in [0.15, 0.2) is 12.1 Å². The normalized spacial score (nSPS) is 10.2. The lowest BCUT2D eigenvalue weighted by Gasteiger charge is -2.09. The molecule has 0 heterocycles. The molecule has 0 spiro atoms. The number of phenols is 1. The maximum Gasteiger partial charge on any atom is 0.125 e. The first-order valence-corrected chi connectivity index (χ1v) is 4.37. The summed E-state index contributed by atoms with van der Waals surface area (Å²) in [6.45, 7) is 2.31. The molecular weight excluding hydrogens is 182 g/mol. The van der Waals surface area contributed by atoms with Crippen LogP contribution in [-0.2, 0) is 11.3 Å². The van der Waals surface area contributed by atoms with E-state index in [0.717, 1.165) is 11.1 Å². The summed E-state index contributed by atoms with van der Waals surface area (Å²) in [5.74, 6) is 5.81. The molecule has 1 rings (SSSR count). The molecule has 0 bridgehead atoms. The summed E-state index contributed by atoms with van der Waals surface area (Å²) in [7, 11) is 1.57. The lowest BCUT2D eigenvalue weighted by atomic mass is 10.1. The lowest BCUT2D eigenvalue weighted by molar-refractivity contribution is 0.140. The average molecular weight is 197 g/mol. The largest absolute Gasteiger partial charge is 0.508 e. The first-order valence-electron chi connectivity index (χ1n) is 4.37. The van der Waals surface area contributed by atoms with Crippen molar-refractivity contribution in [2.75, 3.05) is 13.7 Å². The van der Waals surface area contributed by atoms with Crippen molar-refractivity contribution in [1.82, 2.24) is 0 Å². The quantitative estimate of drug-likeness (QED) is 0.710. The second-order valence-corrected chi connectivity index (χ2v) is 3.07. The Morgan fingerprint density at radius 3 is 2.71 bits per heavy atom. The number of hydrogen-bond donors (Lipinski definition) is 2. The van der Waals surface area contributed by atoms with Crippen molar-refractivity contribution in [3.63, 3.8) is 0 Å². The molecule has 0 radical (unpaired) electrons. The van der Waals surface area contributed by atoms with Gasteiger partial charge in [-0.25, -0.2) is 5.90 Å². The first-order chi connectivity index (χ1) is 6.69. The monoisotopic (exact) mass is 197 g/mol. The summed E-state index contributed by atoms with van der Waals surface area (Å²) < 4.78 is 5.07. The summed E-state index contributed by atoms with van der Waals surface area (Å²) in [5.41, 5.74) is 1.80. The van der Waals surface area contributed by atoms with E-state index in [9.17, 15) is 5.11 Å². The molecule has 4 nitrogen and oxygen atoms in total. The highest BCUT2D eigenvalue weighted by Crippen LogP contribution is 2.27. The van der Waals surface area contributed by atoms with Crippen molar-refractivity contribution in [2.45, 2.75) is 13.3 Å². The van der Waals surface area contributed by atoms with E-state index in [2.05, 4.69) is 4.84 Å². The van der Waals surface area contributed by atoms with Gasteiger partial charge in [0, 0.05) is 12.5 Å². The van der Waals surface area contributed by atoms with Crippen molar-refractivity contribution in [2.24, 2.45) is 5.90 Å². The van der Waals surface area contributed by atoms with Gasteiger partial charge in [0.2, 0.25) is 0 Å². The molecule has 0 unspecified atom stereocenters. The van der Waals surface area contributed by atoms with Gasteiger partial charge in [0.15, 0.2) is 0 Å². The summed E-state index contributed by atoms with van der Waals surface area (Å²) in [6.07, 6.45) is 0.590. The third-order valence-electron chi connectivity index (χ3n) is 2.09. The molecule has 0 saturated heterocycles. The maximum absolute atomic E-state index is 9.60. The van der Waals surface area contributed by atoms with Crippen LogP contribution in [-0.4, -0.2) is 18.8 Å². The van der Waals surface area contributed by atoms with Gasteiger partial charge < -0.3 is 14.7 Å². The predicted octanol–water partition coefficient (Wildman–Crippen LogP) is 1.14. The van der Waals surface area contributed by atoms with Crippen LogP contribution in [0.3, 0.4) is 0 Å². The Hall–Kier alpha value is -1.26.